The number of halogens is 4. The van der Waals surface area contributed by atoms with E-state index in [9.17, 15) is 18.4 Å². The molecule has 0 bridgehead atoms. The predicted molar refractivity (Wildman–Crippen MR) is 108 cm³/mol. The average molecular weight is 428 g/mol. The number of allylic oxidation sites excluding steroid dienone is 1. The SMILES string of the molecule is Cn1cc(-c2cnc3[nH]cc(/C=C(\C#N)c4cc(Cl)ccc4C(F)(F)F)c3c2)cn1. The lowest BCUT2D eigenvalue weighted by Gasteiger charge is -2.12. The first-order valence-corrected chi connectivity index (χ1v) is 9.09. The Kier molecular flexibility index (Phi) is 4.84. The van der Waals surface area contributed by atoms with Crippen LogP contribution in [0.4, 0.5) is 13.2 Å². The monoisotopic (exact) mass is 427 g/mol. The molecule has 0 saturated heterocycles. The van der Waals surface area contributed by atoms with Gasteiger partial charge in [0.15, 0.2) is 0 Å². The Morgan fingerprint density at radius 3 is 2.70 bits per heavy atom. The zero-order valence-corrected chi connectivity index (χ0v) is 16.3. The first-order chi connectivity index (χ1) is 14.3. The molecule has 4 aromatic rings. The summed E-state index contributed by atoms with van der Waals surface area (Å²) >= 11 is 5.91. The minimum Gasteiger partial charge on any atom is -0.346 e. The second-order valence-corrected chi connectivity index (χ2v) is 7.06. The van der Waals surface area contributed by atoms with Crippen molar-refractivity contribution >= 4 is 34.3 Å². The summed E-state index contributed by atoms with van der Waals surface area (Å²) in [5.74, 6) is 0. The summed E-state index contributed by atoms with van der Waals surface area (Å²) in [4.78, 5) is 7.33. The van der Waals surface area contributed by atoms with E-state index in [2.05, 4.69) is 15.1 Å². The van der Waals surface area contributed by atoms with Gasteiger partial charge in [0.25, 0.3) is 0 Å². The molecule has 4 rings (SSSR count). The molecule has 9 heteroatoms. The lowest BCUT2D eigenvalue weighted by Crippen LogP contribution is -2.08. The highest BCUT2D eigenvalue weighted by Crippen LogP contribution is 2.37. The number of fused-ring (bicyclic) bond motifs is 1. The number of benzene rings is 1. The number of nitrogens with one attached hydrogen (secondary N) is 1. The van der Waals surface area contributed by atoms with Crippen LogP contribution in [-0.4, -0.2) is 19.7 Å². The molecule has 0 saturated carbocycles. The molecule has 0 aliphatic carbocycles. The highest BCUT2D eigenvalue weighted by atomic mass is 35.5. The lowest BCUT2D eigenvalue weighted by molar-refractivity contribution is -0.137. The number of nitriles is 1. The molecule has 150 valence electrons. The van der Waals surface area contributed by atoms with Crippen molar-refractivity contribution in [2.45, 2.75) is 6.18 Å². The van der Waals surface area contributed by atoms with Crippen LogP contribution in [0.3, 0.4) is 0 Å². The van der Waals surface area contributed by atoms with E-state index in [0.717, 1.165) is 29.3 Å². The van der Waals surface area contributed by atoms with Crippen LogP contribution < -0.4 is 0 Å². The van der Waals surface area contributed by atoms with Gasteiger partial charge >= 0.3 is 6.18 Å². The average Bonchev–Trinajstić information content (AvgIpc) is 3.30. The fraction of sp³-hybridized carbons (Fsp3) is 0.0952. The molecule has 0 aliphatic heterocycles. The molecule has 30 heavy (non-hydrogen) atoms. The fourth-order valence-corrected chi connectivity index (χ4v) is 3.36. The Morgan fingerprint density at radius 1 is 1.23 bits per heavy atom. The van der Waals surface area contributed by atoms with E-state index in [4.69, 9.17) is 11.6 Å². The van der Waals surface area contributed by atoms with Crippen LogP contribution in [0.2, 0.25) is 5.02 Å². The van der Waals surface area contributed by atoms with Crippen LogP contribution >= 0.6 is 11.6 Å². The van der Waals surface area contributed by atoms with Gasteiger partial charge in [0.05, 0.1) is 23.4 Å². The maximum absolute atomic E-state index is 13.4. The quantitative estimate of drug-likeness (QED) is 0.426. The Balaban J connectivity index is 1.86. The Hall–Kier alpha value is -3.57. The van der Waals surface area contributed by atoms with E-state index in [0.29, 0.717) is 16.6 Å². The molecule has 0 atom stereocenters. The molecule has 5 nitrogen and oxygen atoms in total. The molecule has 0 unspecified atom stereocenters. The van der Waals surface area contributed by atoms with Gasteiger partial charge in [-0.2, -0.15) is 23.5 Å². The first kappa shape index (κ1) is 19.7. The van der Waals surface area contributed by atoms with Crippen molar-refractivity contribution < 1.29 is 13.2 Å². The van der Waals surface area contributed by atoms with Crippen molar-refractivity contribution in [3.8, 4) is 17.2 Å². The minimum atomic E-state index is -4.62. The fourth-order valence-electron chi connectivity index (χ4n) is 3.18. The van der Waals surface area contributed by atoms with Gasteiger partial charge in [-0.05, 0) is 30.3 Å². The van der Waals surface area contributed by atoms with Crippen molar-refractivity contribution in [3.63, 3.8) is 0 Å². The summed E-state index contributed by atoms with van der Waals surface area (Å²) in [5.41, 5.74) is 1.37. The summed E-state index contributed by atoms with van der Waals surface area (Å²) in [6, 6.07) is 6.89. The summed E-state index contributed by atoms with van der Waals surface area (Å²) in [6.45, 7) is 0. The second-order valence-electron chi connectivity index (χ2n) is 6.62. The smallest absolute Gasteiger partial charge is 0.346 e. The van der Waals surface area contributed by atoms with Crippen LogP contribution in [0.1, 0.15) is 16.7 Å². The highest BCUT2D eigenvalue weighted by molar-refractivity contribution is 6.30. The zero-order chi connectivity index (χ0) is 21.5. The van der Waals surface area contributed by atoms with E-state index < -0.39 is 11.7 Å². The number of hydrogen-bond acceptors (Lipinski definition) is 3. The van der Waals surface area contributed by atoms with Gasteiger partial charge in [-0.1, -0.05) is 11.6 Å². The number of aromatic amines is 1. The molecule has 0 aliphatic rings. The molecule has 0 radical (unpaired) electrons. The first-order valence-electron chi connectivity index (χ1n) is 8.71. The summed E-state index contributed by atoms with van der Waals surface area (Å²) < 4.78 is 42.0. The topological polar surface area (TPSA) is 70.3 Å². The van der Waals surface area contributed by atoms with Gasteiger partial charge in [-0.25, -0.2) is 4.98 Å². The van der Waals surface area contributed by atoms with Crippen molar-refractivity contribution in [2.75, 3.05) is 0 Å². The largest absolute Gasteiger partial charge is 0.417 e. The number of H-pyrrole nitrogens is 1. The Bertz CT molecular complexity index is 1320. The molecule has 0 amide bonds. The standard InChI is InChI=1S/C21H13ClF3N5/c1-30-11-15(10-29-30)13-5-18-14(9-28-20(18)27-8-13)4-12(7-26)17-6-16(22)2-3-19(17)21(23,24)25/h2-6,8-11H,1H3,(H,27,28)/b12-4+. The normalized spacial score (nSPS) is 12.3. The van der Waals surface area contributed by atoms with Crippen LogP contribution in [0.25, 0.3) is 33.8 Å². The molecule has 3 aromatic heterocycles. The summed E-state index contributed by atoms with van der Waals surface area (Å²) in [7, 11) is 1.79. The number of aromatic nitrogens is 4. The van der Waals surface area contributed by atoms with Crippen molar-refractivity contribution in [1.82, 2.24) is 19.7 Å². The second kappa shape index (κ2) is 7.35. The third-order valence-electron chi connectivity index (χ3n) is 4.60. The van der Waals surface area contributed by atoms with Gasteiger partial charge in [0.2, 0.25) is 0 Å². The molecule has 1 aromatic carbocycles. The van der Waals surface area contributed by atoms with E-state index >= 15 is 0 Å². The Morgan fingerprint density at radius 2 is 2.03 bits per heavy atom. The lowest BCUT2D eigenvalue weighted by atomic mass is 9.98. The highest BCUT2D eigenvalue weighted by Gasteiger charge is 2.34. The number of aryl methyl sites for hydroxylation is 1. The zero-order valence-electron chi connectivity index (χ0n) is 15.5. The molecule has 0 fully saturated rings. The molecular formula is C21H13ClF3N5. The summed E-state index contributed by atoms with van der Waals surface area (Å²) in [6.07, 6.45) is 3.56. The molecule has 1 N–H and O–H groups in total. The van der Waals surface area contributed by atoms with Gasteiger partial charge in [0.1, 0.15) is 5.65 Å². The summed E-state index contributed by atoms with van der Waals surface area (Å²) in [5, 5.41) is 14.5. The molecular weight excluding hydrogens is 415 g/mol. The number of alkyl halides is 3. The van der Waals surface area contributed by atoms with E-state index in [1.807, 2.05) is 18.3 Å². The van der Waals surface area contributed by atoms with E-state index in [1.165, 1.54) is 6.08 Å². The van der Waals surface area contributed by atoms with Crippen LogP contribution in [0.5, 0.6) is 0 Å². The third kappa shape index (κ3) is 3.67. The van der Waals surface area contributed by atoms with Gasteiger partial charge in [0, 0.05) is 58.3 Å². The Labute approximate surface area is 174 Å². The third-order valence-corrected chi connectivity index (χ3v) is 4.83. The van der Waals surface area contributed by atoms with Crippen molar-refractivity contribution in [1.29, 1.82) is 5.26 Å². The molecule has 3 heterocycles. The van der Waals surface area contributed by atoms with Crippen LogP contribution in [-0.2, 0) is 13.2 Å². The number of rotatable bonds is 3. The van der Waals surface area contributed by atoms with Crippen LogP contribution in [0.15, 0.2) is 49.1 Å². The van der Waals surface area contributed by atoms with Crippen molar-refractivity contribution in [3.05, 3.63) is 70.8 Å². The van der Waals surface area contributed by atoms with E-state index in [-0.39, 0.29) is 16.2 Å². The van der Waals surface area contributed by atoms with E-state index in [1.54, 1.807) is 30.3 Å². The maximum atomic E-state index is 13.4. The van der Waals surface area contributed by atoms with Gasteiger partial charge in [-0.15, -0.1) is 0 Å². The maximum Gasteiger partial charge on any atom is 0.417 e. The van der Waals surface area contributed by atoms with Gasteiger partial charge in [-0.3, -0.25) is 4.68 Å². The van der Waals surface area contributed by atoms with Crippen molar-refractivity contribution in [2.24, 2.45) is 7.05 Å². The number of pyridine rings is 1. The minimum absolute atomic E-state index is 0.110. The predicted octanol–water partition coefficient (Wildman–Crippen LogP) is 5.70. The molecule has 0 spiro atoms. The van der Waals surface area contributed by atoms with Gasteiger partial charge < -0.3 is 4.98 Å². The number of hydrogen-bond donors (Lipinski definition) is 1. The van der Waals surface area contributed by atoms with Crippen LogP contribution in [0, 0.1) is 11.3 Å². The number of nitrogens with zero attached hydrogens (tertiary/aromatic N) is 4.